The standard InChI is InChI=1S/C22H29FN6O2/c1-25-20-19(21(30)26(2)22(25)31)29(16-24-20)12-4-10-27-9-3-11-28(14-13-27)15-17-5-7-18(23)8-6-17/h5-8,16H,3-4,9-15H2,1-2H3. The Labute approximate surface area is 180 Å². The van der Waals surface area contributed by atoms with Crippen LogP contribution < -0.4 is 11.2 Å². The van der Waals surface area contributed by atoms with E-state index in [-0.39, 0.29) is 17.1 Å². The molecule has 8 nitrogen and oxygen atoms in total. The van der Waals surface area contributed by atoms with Crippen LogP contribution in [0, 0.1) is 5.82 Å². The average Bonchev–Trinajstić information content (AvgIpc) is 3.06. The van der Waals surface area contributed by atoms with Crippen molar-refractivity contribution >= 4 is 11.2 Å². The molecule has 1 fully saturated rings. The van der Waals surface area contributed by atoms with Crippen LogP contribution in [0.2, 0.25) is 0 Å². The normalized spacial score (nSPS) is 16.1. The minimum absolute atomic E-state index is 0.198. The maximum Gasteiger partial charge on any atom is 0.332 e. The average molecular weight is 429 g/mol. The van der Waals surface area contributed by atoms with E-state index in [0.29, 0.717) is 17.7 Å². The molecule has 4 rings (SSSR count). The Balaban J connectivity index is 1.33. The molecular formula is C22H29FN6O2. The van der Waals surface area contributed by atoms with Crippen LogP contribution in [0.4, 0.5) is 4.39 Å². The molecule has 1 aliphatic rings. The molecule has 0 N–H and O–H groups in total. The third kappa shape index (κ3) is 4.62. The molecule has 0 aliphatic carbocycles. The van der Waals surface area contributed by atoms with Crippen molar-refractivity contribution in [3.8, 4) is 0 Å². The number of benzene rings is 1. The topological polar surface area (TPSA) is 68.3 Å². The fraction of sp³-hybridized carbons (Fsp3) is 0.500. The van der Waals surface area contributed by atoms with Gasteiger partial charge in [-0.15, -0.1) is 0 Å². The molecule has 0 unspecified atom stereocenters. The van der Waals surface area contributed by atoms with Gasteiger partial charge in [0.05, 0.1) is 6.33 Å². The predicted octanol–water partition coefficient (Wildman–Crippen LogP) is 1.17. The van der Waals surface area contributed by atoms with Crippen LogP contribution in [0.5, 0.6) is 0 Å². The summed E-state index contributed by atoms with van der Waals surface area (Å²) in [5.74, 6) is -0.198. The molecule has 0 radical (unpaired) electrons. The van der Waals surface area contributed by atoms with Gasteiger partial charge in [-0.1, -0.05) is 12.1 Å². The first-order chi connectivity index (χ1) is 14.9. The van der Waals surface area contributed by atoms with E-state index in [1.54, 1.807) is 13.4 Å². The van der Waals surface area contributed by atoms with E-state index >= 15 is 0 Å². The lowest BCUT2D eigenvalue weighted by molar-refractivity contribution is 0.248. The zero-order valence-corrected chi connectivity index (χ0v) is 18.1. The third-order valence-corrected chi connectivity index (χ3v) is 6.09. The van der Waals surface area contributed by atoms with Gasteiger partial charge in [0.25, 0.3) is 5.56 Å². The highest BCUT2D eigenvalue weighted by Crippen LogP contribution is 2.11. The Hall–Kier alpha value is -2.78. The van der Waals surface area contributed by atoms with Crippen LogP contribution >= 0.6 is 0 Å². The van der Waals surface area contributed by atoms with Gasteiger partial charge < -0.3 is 9.47 Å². The second-order valence-electron chi connectivity index (χ2n) is 8.27. The van der Waals surface area contributed by atoms with Crippen molar-refractivity contribution in [2.24, 2.45) is 14.1 Å². The minimum atomic E-state index is -0.363. The van der Waals surface area contributed by atoms with Crippen molar-refractivity contribution in [3.05, 3.63) is 62.8 Å². The molecular weight excluding hydrogens is 399 g/mol. The number of aromatic nitrogens is 4. The van der Waals surface area contributed by atoms with E-state index in [0.717, 1.165) is 62.2 Å². The molecule has 0 amide bonds. The van der Waals surface area contributed by atoms with Crippen molar-refractivity contribution in [1.82, 2.24) is 28.5 Å². The van der Waals surface area contributed by atoms with Crippen LogP contribution in [-0.2, 0) is 27.2 Å². The number of aryl methyl sites for hydroxylation is 2. The summed E-state index contributed by atoms with van der Waals surface area (Å²) in [6.07, 6.45) is 3.64. The van der Waals surface area contributed by atoms with Crippen molar-refractivity contribution in [2.45, 2.75) is 25.9 Å². The van der Waals surface area contributed by atoms with Crippen LogP contribution in [-0.4, -0.2) is 61.2 Å². The molecule has 0 spiro atoms. The smallest absolute Gasteiger partial charge is 0.325 e. The van der Waals surface area contributed by atoms with E-state index in [4.69, 9.17) is 0 Å². The van der Waals surface area contributed by atoms with Crippen molar-refractivity contribution in [1.29, 1.82) is 0 Å². The van der Waals surface area contributed by atoms with Crippen molar-refractivity contribution in [3.63, 3.8) is 0 Å². The molecule has 3 heterocycles. The molecule has 0 saturated carbocycles. The Morgan fingerprint density at radius 1 is 0.935 bits per heavy atom. The first-order valence-electron chi connectivity index (χ1n) is 10.7. The molecule has 3 aromatic rings. The van der Waals surface area contributed by atoms with Gasteiger partial charge >= 0.3 is 5.69 Å². The first-order valence-corrected chi connectivity index (χ1v) is 10.7. The van der Waals surface area contributed by atoms with E-state index < -0.39 is 0 Å². The molecule has 31 heavy (non-hydrogen) atoms. The minimum Gasteiger partial charge on any atom is -0.325 e. The summed E-state index contributed by atoms with van der Waals surface area (Å²) in [5, 5.41) is 0. The van der Waals surface area contributed by atoms with Gasteiger partial charge in [0.1, 0.15) is 5.82 Å². The summed E-state index contributed by atoms with van der Waals surface area (Å²) in [5.41, 5.74) is 1.38. The van der Waals surface area contributed by atoms with Crippen molar-refractivity contribution < 1.29 is 4.39 Å². The zero-order valence-electron chi connectivity index (χ0n) is 18.1. The number of halogens is 1. The van der Waals surface area contributed by atoms with E-state index in [9.17, 15) is 14.0 Å². The number of fused-ring (bicyclic) bond motifs is 1. The quantitative estimate of drug-likeness (QED) is 0.590. The molecule has 0 bridgehead atoms. The van der Waals surface area contributed by atoms with Gasteiger partial charge in [-0.25, -0.2) is 14.2 Å². The second-order valence-corrected chi connectivity index (χ2v) is 8.27. The lowest BCUT2D eigenvalue weighted by atomic mass is 10.2. The van der Waals surface area contributed by atoms with Crippen LogP contribution in [0.1, 0.15) is 18.4 Å². The maximum atomic E-state index is 13.1. The molecule has 0 atom stereocenters. The molecule has 9 heteroatoms. The van der Waals surface area contributed by atoms with Gasteiger partial charge in [0.2, 0.25) is 0 Å². The maximum absolute atomic E-state index is 13.1. The van der Waals surface area contributed by atoms with Gasteiger partial charge in [-0.05, 0) is 50.2 Å². The van der Waals surface area contributed by atoms with Crippen molar-refractivity contribution in [2.75, 3.05) is 32.7 Å². The Bertz CT molecular complexity index is 1160. The highest BCUT2D eigenvalue weighted by atomic mass is 19.1. The van der Waals surface area contributed by atoms with Gasteiger partial charge in [0, 0.05) is 40.3 Å². The molecule has 1 saturated heterocycles. The van der Waals surface area contributed by atoms with E-state index in [1.807, 2.05) is 16.7 Å². The SMILES string of the molecule is Cn1c(=O)c2c(ncn2CCCN2CCCN(Cc3ccc(F)cc3)CC2)n(C)c1=O. The summed E-state index contributed by atoms with van der Waals surface area (Å²) in [6.45, 7) is 6.51. The summed E-state index contributed by atoms with van der Waals surface area (Å²) in [6, 6.07) is 6.75. The van der Waals surface area contributed by atoms with Crippen LogP contribution in [0.3, 0.4) is 0 Å². The van der Waals surface area contributed by atoms with Gasteiger partial charge in [0.15, 0.2) is 11.2 Å². The number of hydrogen-bond acceptors (Lipinski definition) is 5. The number of nitrogens with zero attached hydrogens (tertiary/aromatic N) is 6. The number of rotatable bonds is 6. The monoisotopic (exact) mass is 428 g/mol. The fourth-order valence-corrected chi connectivity index (χ4v) is 4.29. The zero-order chi connectivity index (χ0) is 22.0. The third-order valence-electron chi connectivity index (χ3n) is 6.09. The highest BCUT2D eigenvalue weighted by molar-refractivity contribution is 5.69. The summed E-state index contributed by atoms with van der Waals surface area (Å²) in [7, 11) is 3.13. The Morgan fingerprint density at radius 2 is 1.65 bits per heavy atom. The summed E-state index contributed by atoms with van der Waals surface area (Å²) < 4.78 is 17.5. The Kier molecular flexibility index (Phi) is 6.33. The fourth-order valence-electron chi connectivity index (χ4n) is 4.29. The predicted molar refractivity (Wildman–Crippen MR) is 118 cm³/mol. The largest absolute Gasteiger partial charge is 0.332 e. The van der Waals surface area contributed by atoms with Gasteiger partial charge in [-0.3, -0.25) is 18.8 Å². The molecule has 166 valence electrons. The first kappa shape index (κ1) is 21.5. The highest BCUT2D eigenvalue weighted by Gasteiger charge is 2.16. The van der Waals surface area contributed by atoms with Crippen LogP contribution in [0.25, 0.3) is 11.2 Å². The summed E-state index contributed by atoms with van der Waals surface area (Å²) >= 11 is 0. The lowest BCUT2D eigenvalue weighted by Crippen LogP contribution is -2.37. The number of hydrogen-bond donors (Lipinski definition) is 0. The second kappa shape index (κ2) is 9.15. The van der Waals surface area contributed by atoms with E-state index in [2.05, 4.69) is 14.8 Å². The number of imidazole rings is 1. The summed E-state index contributed by atoms with van der Waals surface area (Å²) in [4.78, 5) is 33.8. The molecule has 2 aromatic heterocycles. The Morgan fingerprint density at radius 3 is 2.42 bits per heavy atom. The lowest BCUT2D eigenvalue weighted by Gasteiger charge is -2.22. The van der Waals surface area contributed by atoms with E-state index in [1.165, 1.54) is 23.7 Å². The van der Waals surface area contributed by atoms with Gasteiger partial charge in [-0.2, -0.15) is 0 Å². The van der Waals surface area contributed by atoms with Crippen LogP contribution in [0.15, 0.2) is 40.2 Å². The molecule has 1 aliphatic heterocycles. The molecule has 1 aromatic carbocycles.